The van der Waals surface area contributed by atoms with Crippen molar-refractivity contribution in [3.05, 3.63) is 12.7 Å². The van der Waals surface area contributed by atoms with Crippen LogP contribution in [0.1, 0.15) is 19.3 Å². The molecule has 0 unspecified atom stereocenters. The van der Waals surface area contributed by atoms with Crippen molar-refractivity contribution in [1.29, 1.82) is 0 Å². The molecule has 0 amide bonds. The highest BCUT2D eigenvalue weighted by Crippen LogP contribution is 2.26. The summed E-state index contributed by atoms with van der Waals surface area (Å²) in [4.78, 5) is 0. The standard InChI is InChI=1S/C9H17NO3S/c1-2-8-14(12,13)10(6-7-11)9-4-3-5-9/h2,9,11H,1,3-8H2. The van der Waals surface area contributed by atoms with E-state index in [2.05, 4.69) is 6.58 Å². The predicted octanol–water partition coefficient (Wildman–Crippen LogP) is 0.349. The van der Waals surface area contributed by atoms with Gasteiger partial charge in [-0.1, -0.05) is 12.5 Å². The Morgan fingerprint density at radius 2 is 2.14 bits per heavy atom. The van der Waals surface area contributed by atoms with Gasteiger partial charge in [0.1, 0.15) is 0 Å². The summed E-state index contributed by atoms with van der Waals surface area (Å²) >= 11 is 0. The number of sulfonamides is 1. The third kappa shape index (κ3) is 2.56. The Kier molecular flexibility index (Phi) is 4.10. The minimum atomic E-state index is -3.24. The summed E-state index contributed by atoms with van der Waals surface area (Å²) in [5, 5.41) is 8.80. The topological polar surface area (TPSA) is 57.6 Å². The molecule has 5 heteroatoms. The van der Waals surface area contributed by atoms with Gasteiger partial charge in [0.15, 0.2) is 0 Å². The number of aliphatic hydroxyl groups excluding tert-OH is 1. The molecule has 4 nitrogen and oxygen atoms in total. The van der Waals surface area contributed by atoms with Crippen LogP contribution < -0.4 is 0 Å². The molecular weight excluding hydrogens is 202 g/mol. The lowest BCUT2D eigenvalue weighted by molar-refractivity contribution is 0.178. The van der Waals surface area contributed by atoms with Gasteiger partial charge in [0, 0.05) is 12.6 Å². The minimum absolute atomic E-state index is 0.0382. The van der Waals surface area contributed by atoms with Crippen molar-refractivity contribution in [2.45, 2.75) is 25.3 Å². The van der Waals surface area contributed by atoms with Crippen molar-refractivity contribution in [3.63, 3.8) is 0 Å². The summed E-state index contributed by atoms with van der Waals surface area (Å²) < 4.78 is 24.8. The molecule has 1 rings (SSSR count). The fourth-order valence-corrected chi connectivity index (χ4v) is 3.08. The zero-order valence-corrected chi connectivity index (χ0v) is 9.04. The molecule has 1 aliphatic carbocycles. The Labute approximate surface area is 85.3 Å². The van der Waals surface area contributed by atoms with E-state index in [-0.39, 0.29) is 24.9 Å². The van der Waals surface area contributed by atoms with E-state index in [4.69, 9.17) is 5.11 Å². The Morgan fingerprint density at radius 3 is 2.50 bits per heavy atom. The fraction of sp³-hybridized carbons (Fsp3) is 0.778. The average molecular weight is 219 g/mol. The number of aliphatic hydroxyl groups is 1. The zero-order valence-electron chi connectivity index (χ0n) is 8.22. The van der Waals surface area contributed by atoms with Gasteiger partial charge in [-0.15, -0.1) is 6.58 Å². The van der Waals surface area contributed by atoms with Gasteiger partial charge in [0.25, 0.3) is 0 Å². The Balaban J connectivity index is 2.69. The Bertz CT molecular complexity index is 282. The van der Waals surface area contributed by atoms with Crippen LogP contribution in [0.25, 0.3) is 0 Å². The highest BCUT2D eigenvalue weighted by atomic mass is 32.2. The zero-order chi connectivity index (χ0) is 10.6. The molecule has 14 heavy (non-hydrogen) atoms. The average Bonchev–Trinajstić information content (AvgIpc) is 2.00. The van der Waals surface area contributed by atoms with Crippen molar-refractivity contribution < 1.29 is 13.5 Å². The highest BCUT2D eigenvalue weighted by molar-refractivity contribution is 7.89. The molecule has 0 aromatic carbocycles. The van der Waals surface area contributed by atoms with E-state index in [1.807, 2.05) is 0 Å². The van der Waals surface area contributed by atoms with Crippen LogP contribution in [0.5, 0.6) is 0 Å². The molecule has 0 aromatic heterocycles. The molecule has 0 atom stereocenters. The molecule has 0 bridgehead atoms. The van der Waals surface area contributed by atoms with E-state index in [1.54, 1.807) is 0 Å². The predicted molar refractivity (Wildman–Crippen MR) is 55.4 cm³/mol. The molecule has 1 fully saturated rings. The fourth-order valence-electron chi connectivity index (χ4n) is 1.57. The normalized spacial score (nSPS) is 18.1. The minimum Gasteiger partial charge on any atom is -0.395 e. The van der Waals surface area contributed by atoms with Crippen LogP contribution in [0.3, 0.4) is 0 Å². The maximum Gasteiger partial charge on any atom is 0.217 e. The van der Waals surface area contributed by atoms with Crippen LogP contribution in [-0.2, 0) is 10.0 Å². The van der Waals surface area contributed by atoms with Gasteiger partial charge in [-0.05, 0) is 12.8 Å². The summed E-state index contributed by atoms with van der Waals surface area (Å²) in [6.45, 7) is 3.51. The van der Waals surface area contributed by atoms with E-state index in [0.29, 0.717) is 0 Å². The summed E-state index contributed by atoms with van der Waals surface area (Å²) in [5.74, 6) is -0.0382. The molecule has 0 radical (unpaired) electrons. The second kappa shape index (κ2) is 4.91. The molecule has 0 saturated heterocycles. The molecule has 1 N–H and O–H groups in total. The van der Waals surface area contributed by atoms with Crippen molar-refractivity contribution >= 4 is 10.0 Å². The first-order chi connectivity index (χ1) is 6.61. The van der Waals surface area contributed by atoms with Crippen molar-refractivity contribution in [1.82, 2.24) is 4.31 Å². The Hall–Kier alpha value is -0.390. The number of rotatable bonds is 6. The van der Waals surface area contributed by atoms with Gasteiger partial charge in [-0.3, -0.25) is 0 Å². The lowest BCUT2D eigenvalue weighted by Gasteiger charge is -2.35. The van der Waals surface area contributed by atoms with E-state index >= 15 is 0 Å². The number of nitrogens with zero attached hydrogens (tertiary/aromatic N) is 1. The van der Waals surface area contributed by atoms with E-state index in [0.717, 1.165) is 19.3 Å². The Morgan fingerprint density at radius 1 is 1.50 bits per heavy atom. The largest absolute Gasteiger partial charge is 0.395 e. The first-order valence-electron chi connectivity index (χ1n) is 4.83. The van der Waals surface area contributed by atoms with Crippen LogP contribution >= 0.6 is 0 Å². The van der Waals surface area contributed by atoms with Gasteiger partial charge in [0.2, 0.25) is 10.0 Å². The second-order valence-corrected chi connectivity index (χ2v) is 5.45. The van der Waals surface area contributed by atoms with Crippen molar-refractivity contribution in [3.8, 4) is 0 Å². The molecule has 0 aliphatic heterocycles. The second-order valence-electron chi connectivity index (χ2n) is 3.49. The molecule has 1 saturated carbocycles. The monoisotopic (exact) mass is 219 g/mol. The summed E-state index contributed by atoms with van der Waals surface area (Å²) in [5.41, 5.74) is 0. The maximum atomic E-state index is 11.7. The third-order valence-electron chi connectivity index (χ3n) is 2.49. The van der Waals surface area contributed by atoms with Crippen LogP contribution in [-0.4, -0.2) is 42.8 Å². The molecule has 0 heterocycles. The summed E-state index contributed by atoms with van der Waals surface area (Å²) in [6, 6.07) is 0.104. The molecule has 0 aromatic rings. The van der Waals surface area contributed by atoms with E-state index in [9.17, 15) is 8.42 Å². The van der Waals surface area contributed by atoms with Crippen LogP contribution in [0.4, 0.5) is 0 Å². The van der Waals surface area contributed by atoms with E-state index in [1.165, 1.54) is 10.4 Å². The van der Waals surface area contributed by atoms with Gasteiger partial charge in [0.05, 0.1) is 12.4 Å². The van der Waals surface area contributed by atoms with Gasteiger partial charge in [-0.25, -0.2) is 8.42 Å². The van der Waals surface area contributed by atoms with Gasteiger partial charge >= 0.3 is 0 Å². The molecular formula is C9H17NO3S. The number of hydrogen-bond donors (Lipinski definition) is 1. The van der Waals surface area contributed by atoms with E-state index < -0.39 is 10.0 Å². The summed E-state index contributed by atoms with van der Waals surface area (Å²) in [7, 11) is -3.24. The van der Waals surface area contributed by atoms with Gasteiger partial charge < -0.3 is 5.11 Å². The van der Waals surface area contributed by atoms with Crippen LogP contribution in [0.2, 0.25) is 0 Å². The highest BCUT2D eigenvalue weighted by Gasteiger charge is 2.32. The number of hydrogen-bond acceptors (Lipinski definition) is 3. The first kappa shape index (κ1) is 11.7. The van der Waals surface area contributed by atoms with Crippen molar-refractivity contribution in [2.24, 2.45) is 0 Å². The molecule has 1 aliphatic rings. The first-order valence-corrected chi connectivity index (χ1v) is 6.44. The lowest BCUT2D eigenvalue weighted by atomic mass is 9.93. The lowest BCUT2D eigenvalue weighted by Crippen LogP contribution is -2.46. The maximum absolute atomic E-state index is 11.7. The molecule has 82 valence electrons. The van der Waals surface area contributed by atoms with Gasteiger partial charge in [-0.2, -0.15) is 4.31 Å². The van der Waals surface area contributed by atoms with Crippen LogP contribution in [0.15, 0.2) is 12.7 Å². The SMILES string of the molecule is C=CCS(=O)(=O)N(CCO)C1CCC1. The smallest absolute Gasteiger partial charge is 0.217 e. The quantitative estimate of drug-likeness (QED) is 0.656. The third-order valence-corrected chi connectivity index (χ3v) is 4.34. The molecule has 0 spiro atoms. The summed E-state index contributed by atoms with van der Waals surface area (Å²) in [6.07, 6.45) is 4.29. The van der Waals surface area contributed by atoms with Crippen molar-refractivity contribution in [2.75, 3.05) is 18.9 Å². The van der Waals surface area contributed by atoms with Crippen LogP contribution in [0, 0.1) is 0 Å².